The quantitative estimate of drug-likeness (QED) is 0.565. The molecule has 3 nitrogen and oxygen atoms in total. The molecule has 1 atom stereocenters. The minimum Gasteiger partial charge on any atom is -0.448 e. The molecule has 3 heteroatoms. The van der Waals surface area contributed by atoms with Crippen molar-refractivity contribution in [3.8, 4) is 11.5 Å². The molecule has 0 amide bonds. The van der Waals surface area contributed by atoms with Crippen LogP contribution in [-0.4, -0.2) is 11.6 Å². The summed E-state index contributed by atoms with van der Waals surface area (Å²) in [5.41, 5.74) is 3.85. The van der Waals surface area contributed by atoms with Crippen LogP contribution in [-0.2, 0) is 11.2 Å². The van der Waals surface area contributed by atoms with Gasteiger partial charge in [-0.05, 0) is 67.6 Å². The summed E-state index contributed by atoms with van der Waals surface area (Å²) in [6.07, 6.45) is 10.2. The summed E-state index contributed by atoms with van der Waals surface area (Å²) in [5.74, 6) is 2.61. The van der Waals surface area contributed by atoms with E-state index in [0.29, 0.717) is 18.3 Å². The fourth-order valence-electron chi connectivity index (χ4n) is 5.67. The van der Waals surface area contributed by atoms with Gasteiger partial charge in [-0.25, -0.2) is 0 Å². The zero-order valence-corrected chi connectivity index (χ0v) is 18.8. The number of benzene rings is 1. The molecule has 0 radical (unpaired) electrons. The van der Waals surface area contributed by atoms with Crippen molar-refractivity contribution in [2.75, 3.05) is 0 Å². The fraction of sp³-hybridized carbons (Fsp3) is 0.654. The molecule has 4 rings (SSSR count). The molecule has 1 saturated carbocycles. The number of hydrogen-bond acceptors (Lipinski definition) is 3. The smallest absolute Gasteiger partial charge is 0.251 e. The summed E-state index contributed by atoms with van der Waals surface area (Å²) in [6.45, 7) is 11.1. The molecule has 0 bridgehead atoms. The second kappa shape index (κ2) is 7.49. The zero-order valence-electron chi connectivity index (χ0n) is 18.8. The first-order chi connectivity index (χ1) is 13.7. The van der Waals surface area contributed by atoms with Gasteiger partial charge >= 0.3 is 0 Å². The van der Waals surface area contributed by atoms with E-state index in [4.69, 9.17) is 9.47 Å². The van der Waals surface area contributed by atoms with Crippen molar-refractivity contribution in [3.63, 3.8) is 0 Å². The molecule has 3 aliphatic rings. The summed E-state index contributed by atoms with van der Waals surface area (Å²) < 4.78 is 12.9. The Balaban J connectivity index is 1.57. The third-order valence-corrected chi connectivity index (χ3v) is 7.20. The van der Waals surface area contributed by atoms with E-state index >= 15 is 0 Å². The molecule has 1 fully saturated rings. The lowest BCUT2D eigenvalue weighted by Gasteiger charge is -2.38. The van der Waals surface area contributed by atoms with Crippen LogP contribution in [0.2, 0.25) is 0 Å². The van der Waals surface area contributed by atoms with Crippen LogP contribution in [0, 0.1) is 11.3 Å². The minimum atomic E-state index is -0.423. The molecule has 2 aliphatic carbocycles. The molecule has 1 aromatic carbocycles. The van der Waals surface area contributed by atoms with Crippen LogP contribution in [0.1, 0.15) is 96.6 Å². The predicted octanol–water partition coefficient (Wildman–Crippen LogP) is 6.74. The molecule has 1 spiro atoms. The molecular formula is C26H36O3. The molecule has 1 aromatic rings. The lowest BCUT2D eigenvalue weighted by atomic mass is 9.66. The van der Waals surface area contributed by atoms with Crippen molar-refractivity contribution in [2.24, 2.45) is 11.3 Å². The lowest BCUT2D eigenvalue weighted by molar-refractivity contribution is -0.117. The van der Waals surface area contributed by atoms with Crippen LogP contribution in [0.4, 0.5) is 0 Å². The van der Waals surface area contributed by atoms with Crippen molar-refractivity contribution in [3.05, 3.63) is 34.9 Å². The zero-order chi connectivity index (χ0) is 20.8. The standard InChI is InChI=1S/C26H36O3/c1-17(2)21-14-19(9-10-22-18(3)13-20(27)16-25(22,4)5)15-23-24(21)29-26(28-23)11-7-6-8-12-26/h13-15,17,22H,6-12,16H2,1-5H3. The van der Waals surface area contributed by atoms with Crippen molar-refractivity contribution < 1.29 is 14.3 Å². The highest BCUT2D eigenvalue weighted by atomic mass is 16.7. The van der Waals surface area contributed by atoms with Gasteiger partial charge in [0.05, 0.1) is 0 Å². The van der Waals surface area contributed by atoms with Crippen molar-refractivity contribution in [1.29, 1.82) is 0 Å². The number of rotatable bonds is 4. The second-order valence-electron chi connectivity index (χ2n) is 10.5. The maximum absolute atomic E-state index is 12.0. The van der Waals surface area contributed by atoms with Gasteiger partial charge in [0, 0.05) is 24.8 Å². The Morgan fingerprint density at radius 1 is 1.10 bits per heavy atom. The van der Waals surface area contributed by atoms with Crippen LogP contribution in [0.3, 0.4) is 0 Å². The van der Waals surface area contributed by atoms with Crippen LogP contribution in [0.25, 0.3) is 0 Å². The van der Waals surface area contributed by atoms with Crippen LogP contribution in [0.5, 0.6) is 11.5 Å². The van der Waals surface area contributed by atoms with Gasteiger partial charge in [-0.15, -0.1) is 0 Å². The number of fused-ring (bicyclic) bond motifs is 1. The first kappa shape index (κ1) is 20.5. The van der Waals surface area contributed by atoms with E-state index in [0.717, 1.165) is 37.2 Å². The van der Waals surface area contributed by atoms with Gasteiger partial charge in [-0.1, -0.05) is 45.8 Å². The number of carbonyl (C=O) groups is 1. The molecule has 0 aromatic heterocycles. The fourth-order valence-corrected chi connectivity index (χ4v) is 5.67. The topological polar surface area (TPSA) is 35.5 Å². The highest BCUT2D eigenvalue weighted by molar-refractivity contribution is 5.91. The van der Waals surface area contributed by atoms with E-state index in [2.05, 4.69) is 46.8 Å². The van der Waals surface area contributed by atoms with E-state index in [1.54, 1.807) is 0 Å². The number of ketones is 1. The third-order valence-electron chi connectivity index (χ3n) is 7.20. The lowest BCUT2D eigenvalue weighted by Crippen LogP contribution is -2.40. The van der Waals surface area contributed by atoms with Gasteiger partial charge in [0.25, 0.3) is 5.79 Å². The molecule has 1 aliphatic heterocycles. The summed E-state index contributed by atoms with van der Waals surface area (Å²) in [4.78, 5) is 12.0. The Morgan fingerprint density at radius 3 is 2.48 bits per heavy atom. The van der Waals surface area contributed by atoms with Crippen LogP contribution >= 0.6 is 0 Å². The van der Waals surface area contributed by atoms with Gasteiger partial charge < -0.3 is 9.47 Å². The molecule has 1 unspecified atom stereocenters. The van der Waals surface area contributed by atoms with Crippen molar-refractivity contribution >= 4 is 5.78 Å². The molecule has 0 N–H and O–H groups in total. The monoisotopic (exact) mass is 396 g/mol. The van der Waals surface area contributed by atoms with E-state index in [-0.39, 0.29) is 11.2 Å². The Labute approximate surface area is 175 Å². The summed E-state index contributed by atoms with van der Waals surface area (Å²) in [7, 11) is 0. The molecule has 29 heavy (non-hydrogen) atoms. The van der Waals surface area contributed by atoms with Gasteiger partial charge in [0.2, 0.25) is 0 Å². The minimum absolute atomic E-state index is 0.0271. The largest absolute Gasteiger partial charge is 0.448 e. The van der Waals surface area contributed by atoms with E-state index < -0.39 is 5.79 Å². The highest BCUT2D eigenvalue weighted by Crippen LogP contribution is 2.50. The number of ether oxygens (including phenoxy) is 2. The second-order valence-corrected chi connectivity index (χ2v) is 10.5. The molecule has 0 saturated heterocycles. The number of carbonyl (C=O) groups excluding carboxylic acids is 1. The normalized spacial score (nSPS) is 24.8. The van der Waals surface area contributed by atoms with E-state index in [9.17, 15) is 4.79 Å². The van der Waals surface area contributed by atoms with Crippen LogP contribution < -0.4 is 9.47 Å². The van der Waals surface area contributed by atoms with E-state index in [1.165, 1.54) is 36.0 Å². The van der Waals surface area contributed by atoms with Gasteiger partial charge in [0.1, 0.15) is 0 Å². The predicted molar refractivity (Wildman–Crippen MR) is 117 cm³/mol. The number of aryl methyl sites for hydroxylation is 1. The average molecular weight is 397 g/mol. The first-order valence-electron chi connectivity index (χ1n) is 11.4. The Kier molecular flexibility index (Phi) is 5.29. The Morgan fingerprint density at radius 2 is 1.83 bits per heavy atom. The molecular weight excluding hydrogens is 360 g/mol. The molecule has 158 valence electrons. The van der Waals surface area contributed by atoms with Crippen LogP contribution in [0.15, 0.2) is 23.8 Å². The van der Waals surface area contributed by atoms with Gasteiger partial charge in [-0.2, -0.15) is 0 Å². The maximum Gasteiger partial charge on any atom is 0.251 e. The highest BCUT2D eigenvalue weighted by Gasteiger charge is 2.44. The first-order valence-corrected chi connectivity index (χ1v) is 11.4. The average Bonchev–Trinajstić information content (AvgIpc) is 2.96. The van der Waals surface area contributed by atoms with E-state index in [1.807, 2.05) is 6.08 Å². The Bertz CT molecular complexity index is 825. The summed E-state index contributed by atoms with van der Waals surface area (Å²) >= 11 is 0. The maximum atomic E-state index is 12.0. The van der Waals surface area contributed by atoms with Crippen molar-refractivity contribution in [2.45, 2.75) is 97.7 Å². The van der Waals surface area contributed by atoms with Gasteiger partial charge in [0.15, 0.2) is 17.3 Å². The summed E-state index contributed by atoms with van der Waals surface area (Å²) in [6, 6.07) is 4.54. The third kappa shape index (κ3) is 3.98. The number of hydrogen-bond donors (Lipinski definition) is 0. The van der Waals surface area contributed by atoms with Gasteiger partial charge in [-0.3, -0.25) is 4.79 Å². The number of allylic oxidation sites excluding steroid dienone is 2. The summed E-state index contributed by atoms with van der Waals surface area (Å²) in [5, 5.41) is 0. The Hall–Kier alpha value is -1.77. The van der Waals surface area contributed by atoms with Crippen molar-refractivity contribution in [1.82, 2.24) is 0 Å². The molecule has 1 heterocycles. The SMILES string of the molecule is CC1=CC(=O)CC(C)(C)C1CCc1cc2c(c(C(C)C)c1)OC1(CCCCC1)O2.